The third-order valence-electron chi connectivity index (χ3n) is 2.03. The molecular weight excluding hydrogens is 180 g/mol. The van der Waals surface area contributed by atoms with Gasteiger partial charge in [0.15, 0.2) is 0 Å². The van der Waals surface area contributed by atoms with Gasteiger partial charge in [-0.3, -0.25) is 4.79 Å². The first-order valence-electron chi connectivity index (χ1n) is 4.47. The molecule has 0 heterocycles. The minimum Gasteiger partial charge on any atom is -0.475 e. The van der Waals surface area contributed by atoms with Gasteiger partial charge >= 0.3 is 5.97 Å². The van der Waals surface area contributed by atoms with Crippen LogP contribution in [0.3, 0.4) is 0 Å². The van der Waals surface area contributed by atoms with Crippen molar-refractivity contribution in [3.05, 3.63) is 35.4 Å². The first kappa shape index (κ1) is 10.4. The summed E-state index contributed by atoms with van der Waals surface area (Å²) >= 11 is 0. The molecule has 0 unspecified atom stereocenters. The van der Waals surface area contributed by atoms with E-state index in [2.05, 4.69) is 0 Å². The molecule has 74 valence electrons. The van der Waals surface area contributed by atoms with Gasteiger partial charge in [-0.1, -0.05) is 31.2 Å². The third-order valence-corrected chi connectivity index (χ3v) is 2.03. The van der Waals surface area contributed by atoms with Gasteiger partial charge in [0.25, 0.3) is 0 Å². The predicted octanol–water partition coefficient (Wildman–Crippen LogP) is 1.45. The first-order valence-corrected chi connectivity index (χ1v) is 4.47. The van der Waals surface area contributed by atoms with Crippen LogP contribution in [0.15, 0.2) is 24.3 Å². The molecule has 3 nitrogen and oxygen atoms in total. The van der Waals surface area contributed by atoms with Crippen LogP contribution < -0.4 is 0 Å². The van der Waals surface area contributed by atoms with Crippen molar-refractivity contribution < 1.29 is 14.7 Å². The van der Waals surface area contributed by atoms with Crippen molar-refractivity contribution in [1.29, 1.82) is 0 Å². The van der Waals surface area contributed by atoms with Gasteiger partial charge in [0, 0.05) is 6.42 Å². The zero-order valence-corrected chi connectivity index (χ0v) is 7.99. The number of ketones is 1. The molecule has 0 saturated heterocycles. The number of benzene rings is 1. The predicted molar refractivity (Wildman–Crippen MR) is 52.2 cm³/mol. The van der Waals surface area contributed by atoms with Gasteiger partial charge in [-0.2, -0.15) is 0 Å². The Morgan fingerprint density at radius 3 is 2.07 bits per heavy atom. The average molecular weight is 192 g/mol. The smallest absolute Gasteiger partial charge is 0.372 e. The second-order valence-electron chi connectivity index (χ2n) is 3.08. The zero-order valence-electron chi connectivity index (χ0n) is 7.99. The summed E-state index contributed by atoms with van der Waals surface area (Å²) in [5.41, 5.74) is 1.92. The highest BCUT2D eigenvalue weighted by Crippen LogP contribution is 2.05. The van der Waals surface area contributed by atoms with Crippen LogP contribution in [0.2, 0.25) is 0 Å². The Morgan fingerprint density at radius 1 is 1.14 bits per heavy atom. The van der Waals surface area contributed by atoms with Gasteiger partial charge in [0.1, 0.15) is 0 Å². The van der Waals surface area contributed by atoms with Crippen molar-refractivity contribution >= 4 is 11.8 Å². The monoisotopic (exact) mass is 192 g/mol. The molecule has 0 bridgehead atoms. The zero-order chi connectivity index (χ0) is 10.6. The highest BCUT2D eigenvalue weighted by molar-refractivity contribution is 6.33. The van der Waals surface area contributed by atoms with Crippen molar-refractivity contribution in [1.82, 2.24) is 0 Å². The molecule has 0 atom stereocenters. The molecule has 0 spiro atoms. The van der Waals surface area contributed by atoms with Crippen LogP contribution in [0.4, 0.5) is 0 Å². The van der Waals surface area contributed by atoms with Gasteiger partial charge < -0.3 is 5.11 Å². The number of carbonyl (C=O) groups excluding carboxylic acids is 1. The Bertz CT molecular complexity index is 338. The van der Waals surface area contributed by atoms with Gasteiger partial charge in [0.05, 0.1) is 0 Å². The fourth-order valence-electron chi connectivity index (χ4n) is 1.15. The molecule has 3 heteroatoms. The second kappa shape index (κ2) is 4.56. The fourth-order valence-corrected chi connectivity index (χ4v) is 1.15. The molecule has 1 aromatic carbocycles. The molecule has 1 aromatic rings. The van der Waals surface area contributed by atoms with E-state index in [1.807, 2.05) is 19.1 Å². The molecule has 0 aliphatic rings. The van der Waals surface area contributed by atoms with Gasteiger partial charge in [-0.15, -0.1) is 0 Å². The summed E-state index contributed by atoms with van der Waals surface area (Å²) in [7, 11) is 0. The molecule has 0 amide bonds. The number of hydrogen-bond donors (Lipinski definition) is 1. The summed E-state index contributed by atoms with van der Waals surface area (Å²) in [6.45, 7) is 2.04. The van der Waals surface area contributed by atoms with Crippen molar-refractivity contribution in [3.63, 3.8) is 0 Å². The second-order valence-corrected chi connectivity index (χ2v) is 3.08. The Kier molecular flexibility index (Phi) is 3.40. The fraction of sp³-hybridized carbons (Fsp3) is 0.273. The largest absolute Gasteiger partial charge is 0.475 e. The van der Waals surface area contributed by atoms with Gasteiger partial charge in [-0.25, -0.2) is 4.79 Å². The van der Waals surface area contributed by atoms with E-state index < -0.39 is 11.8 Å². The first-order chi connectivity index (χ1) is 6.63. The van der Waals surface area contributed by atoms with E-state index in [0.29, 0.717) is 0 Å². The molecule has 0 aromatic heterocycles. The van der Waals surface area contributed by atoms with Crippen LogP contribution in [-0.2, 0) is 22.4 Å². The Morgan fingerprint density at radius 2 is 1.64 bits per heavy atom. The summed E-state index contributed by atoms with van der Waals surface area (Å²) in [5, 5.41) is 8.39. The molecule has 0 saturated carbocycles. The molecule has 0 aliphatic carbocycles. The van der Waals surface area contributed by atoms with Crippen molar-refractivity contribution in [2.45, 2.75) is 19.8 Å². The molecule has 0 aliphatic heterocycles. The minimum atomic E-state index is -1.37. The Balaban J connectivity index is 2.69. The number of carbonyl (C=O) groups is 2. The lowest BCUT2D eigenvalue weighted by Gasteiger charge is -1.99. The minimum absolute atomic E-state index is 0.0284. The van der Waals surface area contributed by atoms with Gasteiger partial charge in [0.2, 0.25) is 5.78 Å². The number of carboxylic acids is 1. The topological polar surface area (TPSA) is 54.4 Å². The Hall–Kier alpha value is -1.64. The molecule has 14 heavy (non-hydrogen) atoms. The quantitative estimate of drug-likeness (QED) is 0.734. The highest BCUT2D eigenvalue weighted by Gasteiger charge is 2.11. The van der Waals surface area contributed by atoms with E-state index in [9.17, 15) is 9.59 Å². The SMILES string of the molecule is CCc1ccc(CC(=O)C(=O)O)cc1. The van der Waals surface area contributed by atoms with Crippen molar-refractivity contribution in [3.8, 4) is 0 Å². The van der Waals surface area contributed by atoms with Crippen LogP contribution in [0, 0.1) is 0 Å². The highest BCUT2D eigenvalue weighted by atomic mass is 16.4. The summed E-state index contributed by atoms with van der Waals surface area (Å²) in [4.78, 5) is 21.1. The number of Topliss-reactive ketones (excluding diaryl/α,β-unsaturated/α-hetero) is 1. The van der Waals surface area contributed by atoms with Gasteiger partial charge in [-0.05, 0) is 17.5 Å². The van der Waals surface area contributed by atoms with E-state index in [4.69, 9.17) is 5.11 Å². The lowest BCUT2D eigenvalue weighted by Crippen LogP contribution is -2.14. The molecule has 0 radical (unpaired) electrons. The number of aryl methyl sites for hydroxylation is 1. The van der Waals surface area contributed by atoms with Crippen LogP contribution in [0.5, 0.6) is 0 Å². The molecular formula is C11H12O3. The molecule has 0 fully saturated rings. The van der Waals surface area contributed by atoms with Crippen LogP contribution in [0.25, 0.3) is 0 Å². The number of aliphatic carboxylic acids is 1. The van der Waals surface area contributed by atoms with E-state index >= 15 is 0 Å². The molecule has 1 rings (SSSR count). The van der Waals surface area contributed by atoms with Crippen molar-refractivity contribution in [2.75, 3.05) is 0 Å². The molecule has 1 N–H and O–H groups in total. The summed E-state index contributed by atoms with van der Waals surface area (Å²) in [5.74, 6) is -2.14. The maximum Gasteiger partial charge on any atom is 0.372 e. The number of hydrogen-bond acceptors (Lipinski definition) is 2. The normalized spacial score (nSPS) is 9.79. The standard InChI is InChI=1S/C11H12O3/c1-2-8-3-5-9(6-4-8)7-10(12)11(13)14/h3-6H,2,7H2,1H3,(H,13,14). The van der Waals surface area contributed by atoms with E-state index in [1.165, 1.54) is 5.56 Å². The lowest BCUT2D eigenvalue weighted by molar-refractivity contribution is -0.148. The van der Waals surface area contributed by atoms with E-state index in [-0.39, 0.29) is 6.42 Å². The summed E-state index contributed by atoms with van der Waals surface area (Å²) in [6.07, 6.45) is 0.909. The van der Waals surface area contributed by atoms with Crippen LogP contribution in [-0.4, -0.2) is 16.9 Å². The maximum absolute atomic E-state index is 10.9. The van der Waals surface area contributed by atoms with E-state index in [0.717, 1.165) is 12.0 Å². The number of rotatable bonds is 4. The van der Waals surface area contributed by atoms with Crippen LogP contribution in [0.1, 0.15) is 18.1 Å². The van der Waals surface area contributed by atoms with Crippen LogP contribution >= 0.6 is 0 Å². The summed E-state index contributed by atoms with van der Waals surface area (Å²) in [6, 6.07) is 7.40. The summed E-state index contributed by atoms with van der Waals surface area (Å²) < 4.78 is 0. The average Bonchev–Trinajstić information content (AvgIpc) is 2.19. The van der Waals surface area contributed by atoms with E-state index in [1.54, 1.807) is 12.1 Å². The lowest BCUT2D eigenvalue weighted by atomic mass is 10.1. The maximum atomic E-state index is 10.9. The third kappa shape index (κ3) is 2.69. The van der Waals surface area contributed by atoms with Crippen molar-refractivity contribution in [2.24, 2.45) is 0 Å². The number of carboxylic acid groups (broad SMARTS) is 1. The Labute approximate surface area is 82.4 Å².